The largest absolute Gasteiger partial charge is 0.495 e. The molecule has 26 heavy (non-hydrogen) atoms. The molecule has 0 radical (unpaired) electrons. The molecule has 0 heterocycles. The van der Waals surface area contributed by atoms with Crippen LogP contribution in [0.4, 0.5) is 11.4 Å². The summed E-state index contributed by atoms with van der Waals surface area (Å²) in [6, 6.07) is 7.73. The van der Waals surface area contributed by atoms with E-state index in [4.69, 9.17) is 21.4 Å². The van der Waals surface area contributed by atoms with E-state index in [1.54, 1.807) is 6.07 Å². The fraction of sp³-hybridized carbons (Fsp3) is 0.125. The van der Waals surface area contributed by atoms with E-state index in [2.05, 4.69) is 10.0 Å². The number of hydrogen-bond donors (Lipinski definition) is 3. The first-order chi connectivity index (χ1) is 12.1. The summed E-state index contributed by atoms with van der Waals surface area (Å²) in [7, 11) is -2.77. The second-order valence-corrected chi connectivity index (χ2v) is 7.24. The number of benzene rings is 2. The van der Waals surface area contributed by atoms with Gasteiger partial charge >= 0.3 is 5.97 Å². The average Bonchev–Trinajstić information content (AvgIpc) is 2.54. The molecule has 0 saturated carbocycles. The Hall–Kier alpha value is -2.78. The maximum absolute atomic E-state index is 12.6. The molecule has 0 aliphatic heterocycles. The van der Waals surface area contributed by atoms with E-state index >= 15 is 0 Å². The number of carbonyl (C=O) groups excluding carboxylic acids is 1. The van der Waals surface area contributed by atoms with Crippen molar-refractivity contribution in [2.75, 3.05) is 17.1 Å². The van der Waals surface area contributed by atoms with Gasteiger partial charge in [-0.3, -0.25) is 9.52 Å². The Bertz CT molecular complexity index is 975. The maximum Gasteiger partial charge on any atom is 0.337 e. The summed E-state index contributed by atoms with van der Waals surface area (Å²) in [5.41, 5.74) is 0.0948. The lowest BCUT2D eigenvalue weighted by Gasteiger charge is -2.14. The highest BCUT2D eigenvalue weighted by Crippen LogP contribution is 2.30. The van der Waals surface area contributed by atoms with Gasteiger partial charge in [0.15, 0.2) is 0 Å². The van der Waals surface area contributed by atoms with Crippen molar-refractivity contribution in [1.82, 2.24) is 0 Å². The van der Waals surface area contributed by atoms with Crippen LogP contribution < -0.4 is 14.8 Å². The van der Waals surface area contributed by atoms with Crippen LogP contribution in [-0.2, 0) is 14.8 Å². The zero-order valence-electron chi connectivity index (χ0n) is 13.7. The minimum absolute atomic E-state index is 0.0746. The SMILES string of the molecule is COc1ccc(NC(C)=O)cc1NS(=O)(=O)c1ccc(Cl)c(C(=O)O)c1. The van der Waals surface area contributed by atoms with Crippen molar-refractivity contribution in [2.45, 2.75) is 11.8 Å². The number of sulfonamides is 1. The summed E-state index contributed by atoms with van der Waals surface area (Å²) in [6.07, 6.45) is 0. The topological polar surface area (TPSA) is 122 Å². The Kier molecular flexibility index (Phi) is 5.73. The first-order valence-electron chi connectivity index (χ1n) is 7.15. The molecule has 0 aliphatic carbocycles. The fourth-order valence-electron chi connectivity index (χ4n) is 2.11. The van der Waals surface area contributed by atoms with Crippen molar-refractivity contribution in [1.29, 1.82) is 0 Å². The quantitative estimate of drug-likeness (QED) is 0.687. The highest BCUT2D eigenvalue weighted by molar-refractivity contribution is 7.92. The highest BCUT2D eigenvalue weighted by Gasteiger charge is 2.20. The van der Waals surface area contributed by atoms with Crippen LogP contribution >= 0.6 is 11.6 Å². The van der Waals surface area contributed by atoms with E-state index in [0.29, 0.717) is 5.69 Å². The molecule has 0 saturated heterocycles. The number of carbonyl (C=O) groups is 2. The van der Waals surface area contributed by atoms with Gasteiger partial charge in [-0.05, 0) is 36.4 Å². The third-order valence-electron chi connectivity index (χ3n) is 3.24. The molecular formula is C16H15ClN2O6S. The third kappa shape index (κ3) is 4.44. The molecule has 10 heteroatoms. The zero-order valence-corrected chi connectivity index (χ0v) is 15.3. The molecule has 0 aromatic heterocycles. The van der Waals surface area contributed by atoms with Gasteiger partial charge < -0.3 is 15.2 Å². The summed E-state index contributed by atoms with van der Waals surface area (Å²) >= 11 is 5.76. The highest BCUT2D eigenvalue weighted by atomic mass is 35.5. The minimum Gasteiger partial charge on any atom is -0.495 e. The lowest BCUT2D eigenvalue weighted by atomic mass is 10.2. The molecular weight excluding hydrogens is 384 g/mol. The van der Waals surface area contributed by atoms with Gasteiger partial charge in [0.2, 0.25) is 5.91 Å². The molecule has 138 valence electrons. The Morgan fingerprint density at radius 1 is 1.15 bits per heavy atom. The van der Waals surface area contributed by atoms with Crippen LogP contribution in [0.25, 0.3) is 0 Å². The number of carboxylic acids is 1. The third-order valence-corrected chi connectivity index (χ3v) is 4.94. The van der Waals surface area contributed by atoms with Crippen molar-refractivity contribution < 1.29 is 27.9 Å². The zero-order chi connectivity index (χ0) is 19.5. The number of ether oxygens (including phenoxy) is 1. The van der Waals surface area contributed by atoms with E-state index in [-0.39, 0.29) is 32.8 Å². The minimum atomic E-state index is -4.13. The molecule has 0 atom stereocenters. The van der Waals surface area contributed by atoms with E-state index in [9.17, 15) is 18.0 Å². The lowest BCUT2D eigenvalue weighted by Crippen LogP contribution is -2.15. The number of halogens is 1. The van der Waals surface area contributed by atoms with Crippen LogP contribution in [0, 0.1) is 0 Å². The van der Waals surface area contributed by atoms with Crippen molar-refractivity contribution in [3.05, 3.63) is 47.0 Å². The molecule has 0 spiro atoms. The predicted octanol–water partition coefficient (Wildman–Crippen LogP) is 2.81. The van der Waals surface area contributed by atoms with Crippen LogP contribution in [-0.4, -0.2) is 32.5 Å². The maximum atomic E-state index is 12.6. The summed E-state index contributed by atoms with van der Waals surface area (Å²) in [6.45, 7) is 1.31. The number of nitrogens with one attached hydrogen (secondary N) is 2. The Balaban J connectivity index is 2.44. The Morgan fingerprint density at radius 3 is 2.42 bits per heavy atom. The molecule has 2 rings (SSSR count). The van der Waals surface area contributed by atoms with Crippen LogP contribution in [0.5, 0.6) is 5.75 Å². The van der Waals surface area contributed by atoms with Crippen LogP contribution in [0.15, 0.2) is 41.3 Å². The first kappa shape index (κ1) is 19.5. The molecule has 2 aromatic carbocycles. The van der Waals surface area contributed by atoms with E-state index in [0.717, 1.165) is 6.07 Å². The van der Waals surface area contributed by atoms with E-state index < -0.39 is 16.0 Å². The number of rotatable bonds is 6. The second-order valence-electron chi connectivity index (χ2n) is 5.15. The number of amides is 1. The van der Waals surface area contributed by atoms with Crippen molar-refractivity contribution in [3.63, 3.8) is 0 Å². The van der Waals surface area contributed by atoms with Gasteiger partial charge in [0, 0.05) is 12.6 Å². The number of hydrogen-bond acceptors (Lipinski definition) is 5. The first-order valence-corrected chi connectivity index (χ1v) is 9.01. The molecule has 0 bridgehead atoms. The van der Waals surface area contributed by atoms with Crippen molar-refractivity contribution >= 4 is 44.9 Å². The summed E-state index contributed by atoms with van der Waals surface area (Å²) in [5, 5.41) is 11.5. The van der Waals surface area contributed by atoms with Crippen molar-refractivity contribution in [2.24, 2.45) is 0 Å². The van der Waals surface area contributed by atoms with Gasteiger partial charge in [-0.15, -0.1) is 0 Å². The lowest BCUT2D eigenvalue weighted by molar-refractivity contribution is -0.114. The standard InChI is InChI=1S/C16H15ClN2O6S/c1-9(20)18-10-3-6-15(25-2)14(7-10)19-26(23,24)11-4-5-13(17)12(8-11)16(21)22/h3-8,19H,1-2H3,(H,18,20)(H,21,22). The monoisotopic (exact) mass is 398 g/mol. The Labute approximate surface area is 154 Å². The molecule has 0 fully saturated rings. The van der Waals surface area contributed by atoms with Gasteiger partial charge in [-0.2, -0.15) is 0 Å². The molecule has 0 unspecified atom stereocenters. The van der Waals surface area contributed by atoms with Gasteiger partial charge in [-0.25, -0.2) is 13.2 Å². The van der Waals surface area contributed by atoms with Crippen molar-refractivity contribution in [3.8, 4) is 5.75 Å². The molecule has 0 aliphatic rings. The van der Waals surface area contributed by atoms with E-state index in [1.165, 1.54) is 38.3 Å². The summed E-state index contributed by atoms with van der Waals surface area (Å²) in [5.74, 6) is -1.46. The number of methoxy groups -OCH3 is 1. The van der Waals surface area contributed by atoms with Crippen LogP contribution in [0.2, 0.25) is 5.02 Å². The Morgan fingerprint density at radius 2 is 1.85 bits per heavy atom. The van der Waals surface area contributed by atoms with Gasteiger partial charge in [0.1, 0.15) is 5.75 Å². The number of aromatic carboxylic acids is 1. The average molecular weight is 399 g/mol. The number of anilines is 2. The smallest absolute Gasteiger partial charge is 0.337 e. The normalized spacial score (nSPS) is 10.9. The fourth-order valence-corrected chi connectivity index (χ4v) is 3.39. The summed E-state index contributed by atoms with van der Waals surface area (Å²) < 4.78 is 32.6. The van der Waals surface area contributed by atoms with Gasteiger partial charge in [-0.1, -0.05) is 11.6 Å². The van der Waals surface area contributed by atoms with Gasteiger partial charge in [0.05, 0.1) is 28.3 Å². The molecule has 2 aromatic rings. The molecule has 8 nitrogen and oxygen atoms in total. The van der Waals surface area contributed by atoms with Crippen LogP contribution in [0.1, 0.15) is 17.3 Å². The molecule has 3 N–H and O–H groups in total. The number of carboxylic acid groups (broad SMARTS) is 1. The van der Waals surface area contributed by atoms with Crippen LogP contribution in [0.3, 0.4) is 0 Å². The summed E-state index contributed by atoms with van der Waals surface area (Å²) in [4.78, 5) is 22.0. The predicted molar refractivity (Wildman–Crippen MR) is 96.5 cm³/mol. The van der Waals surface area contributed by atoms with Gasteiger partial charge in [0.25, 0.3) is 10.0 Å². The van der Waals surface area contributed by atoms with E-state index in [1.807, 2.05) is 0 Å². The second kappa shape index (κ2) is 7.63. The molecule has 1 amide bonds.